The van der Waals surface area contributed by atoms with E-state index in [2.05, 4.69) is 10.1 Å². The van der Waals surface area contributed by atoms with Crippen LogP contribution in [0.2, 0.25) is 0 Å². The summed E-state index contributed by atoms with van der Waals surface area (Å²) >= 11 is 0. The number of H-pyrrole nitrogens is 1. The molecule has 4 aromatic rings. The maximum absolute atomic E-state index is 15.1. The molecule has 0 amide bonds. The molecule has 0 bridgehead atoms. The predicted molar refractivity (Wildman–Crippen MR) is 93.2 cm³/mol. The Morgan fingerprint density at radius 1 is 1.16 bits per heavy atom. The van der Waals surface area contributed by atoms with E-state index < -0.39 is 12.0 Å². The number of hydrogen-bond donors (Lipinski definition) is 1. The van der Waals surface area contributed by atoms with Crippen LogP contribution in [0.15, 0.2) is 65.3 Å². The van der Waals surface area contributed by atoms with Crippen molar-refractivity contribution in [3.05, 3.63) is 77.7 Å². The number of nitrogens with one attached hydrogen (secondary N) is 1. The van der Waals surface area contributed by atoms with E-state index in [4.69, 9.17) is 4.52 Å². The first-order valence-corrected chi connectivity index (χ1v) is 7.92. The molecule has 1 N–H and O–H groups in total. The van der Waals surface area contributed by atoms with Crippen molar-refractivity contribution in [2.24, 2.45) is 0 Å². The van der Waals surface area contributed by atoms with Gasteiger partial charge < -0.3 is 9.51 Å². The highest BCUT2D eigenvalue weighted by Crippen LogP contribution is 2.34. The number of aromatic nitrogens is 2. The average Bonchev–Trinajstić information content (AvgIpc) is 3.27. The monoisotopic (exact) mass is 334 g/mol. The molecule has 2 aromatic heterocycles. The van der Waals surface area contributed by atoms with Crippen LogP contribution in [0, 0.1) is 6.92 Å². The van der Waals surface area contributed by atoms with Crippen LogP contribution in [0.4, 0.5) is 4.39 Å². The van der Waals surface area contributed by atoms with Crippen molar-refractivity contribution in [1.29, 1.82) is 0 Å². The topological polar surface area (TPSA) is 58.9 Å². The van der Waals surface area contributed by atoms with Gasteiger partial charge in [0, 0.05) is 28.2 Å². The van der Waals surface area contributed by atoms with Crippen molar-refractivity contribution in [3.8, 4) is 11.3 Å². The zero-order chi connectivity index (χ0) is 17.4. The number of rotatable bonds is 4. The van der Waals surface area contributed by atoms with E-state index in [0.717, 1.165) is 10.9 Å². The van der Waals surface area contributed by atoms with Crippen molar-refractivity contribution in [2.75, 3.05) is 0 Å². The Morgan fingerprint density at radius 2 is 1.96 bits per heavy atom. The Bertz CT molecular complexity index is 1050. The number of alkyl halides is 1. The Morgan fingerprint density at radius 3 is 2.76 bits per heavy atom. The minimum atomic E-state index is -1.84. The number of aryl methyl sites for hydroxylation is 1. The molecule has 0 aliphatic carbocycles. The second-order valence-electron chi connectivity index (χ2n) is 5.87. The maximum Gasteiger partial charge on any atom is 0.201 e. The number of carbonyl (C=O) groups excluding carboxylic acids is 1. The number of Topliss-reactive ketones (excluding diaryl/α,β-unsaturated/α-hetero) is 1. The first kappa shape index (κ1) is 15.3. The molecule has 5 heteroatoms. The second kappa shape index (κ2) is 6.02. The third-order valence-electron chi connectivity index (χ3n) is 4.28. The van der Waals surface area contributed by atoms with E-state index in [1.807, 2.05) is 36.4 Å². The van der Waals surface area contributed by atoms with Gasteiger partial charge in [-0.3, -0.25) is 4.79 Å². The number of ketones is 1. The summed E-state index contributed by atoms with van der Waals surface area (Å²) in [6, 6.07) is 16.1. The average molecular weight is 334 g/mol. The number of aromatic amines is 1. The predicted octanol–water partition coefficient (Wildman–Crippen LogP) is 5.02. The summed E-state index contributed by atoms with van der Waals surface area (Å²) in [6.45, 7) is 1.62. The van der Waals surface area contributed by atoms with Crippen LogP contribution in [-0.4, -0.2) is 15.9 Å². The standard InChI is InChI=1S/C20H15FN2O2/c1-12-17(19(23-25-12)13-5-3-2-4-6-13)18(21)20(24)15-7-8-16-14(11-15)9-10-22-16/h2-11,18,22H,1H3. The quantitative estimate of drug-likeness (QED) is 0.533. The maximum atomic E-state index is 15.1. The molecule has 2 heterocycles. The molecular formula is C20H15FN2O2. The van der Waals surface area contributed by atoms with Gasteiger partial charge in [0.05, 0.1) is 5.56 Å². The fraction of sp³-hybridized carbons (Fsp3) is 0.100. The fourth-order valence-corrected chi connectivity index (χ4v) is 2.97. The summed E-state index contributed by atoms with van der Waals surface area (Å²) in [5.74, 6) is -0.297. The van der Waals surface area contributed by atoms with E-state index in [-0.39, 0.29) is 5.56 Å². The van der Waals surface area contributed by atoms with E-state index in [1.54, 1.807) is 31.3 Å². The molecule has 4 rings (SSSR count). The molecule has 25 heavy (non-hydrogen) atoms. The lowest BCUT2D eigenvalue weighted by Crippen LogP contribution is -2.10. The van der Waals surface area contributed by atoms with Crippen molar-refractivity contribution in [2.45, 2.75) is 13.1 Å². The smallest absolute Gasteiger partial charge is 0.201 e. The van der Waals surface area contributed by atoms with Crippen molar-refractivity contribution in [1.82, 2.24) is 10.1 Å². The molecule has 0 aliphatic heterocycles. The van der Waals surface area contributed by atoms with Gasteiger partial charge in [0.1, 0.15) is 11.5 Å². The van der Waals surface area contributed by atoms with Crippen LogP contribution in [0.1, 0.15) is 27.9 Å². The van der Waals surface area contributed by atoms with Crippen molar-refractivity contribution in [3.63, 3.8) is 0 Å². The molecule has 0 radical (unpaired) electrons. The minimum absolute atomic E-state index is 0.186. The lowest BCUT2D eigenvalue weighted by atomic mass is 9.96. The van der Waals surface area contributed by atoms with Gasteiger partial charge in [-0.05, 0) is 31.2 Å². The molecule has 0 spiro atoms. The summed E-state index contributed by atoms with van der Waals surface area (Å²) in [6.07, 6.45) is -0.0541. The van der Waals surface area contributed by atoms with Gasteiger partial charge in [-0.2, -0.15) is 0 Å². The number of fused-ring (bicyclic) bond motifs is 1. The van der Waals surface area contributed by atoms with Crippen LogP contribution in [0.25, 0.3) is 22.2 Å². The van der Waals surface area contributed by atoms with E-state index in [1.165, 1.54) is 0 Å². The van der Waals surface area contributed by atoms with Gasteiger partial charge in [-0.15, -0.1) is 0 Å². The highest BCUT2D eigenvalue weighted by molar-refractivity contribution is 6.03. The normalized spacial score (nSPS) is 12.4. The summed E-state index contributed by atoms with van der Waals surface area (Å²) in [7, 11) is 0. The molecular weight excluding hydrogens is 319 g/mol. The van der Waals surface area contributed by atoms with Gasteiger partial charge >= 0.3 is 0 Å². The number of hydrogen-bond acceptors (Lipinski definition) is 3. The molecule has 1 unspecified atom stereocenters. The second-order valence-corrected chi connectivity index (χ2v) is 5.87. The minimum Gasteiger partial charge on any atom is -0.361 e. The van der Waals surface area contributed by atoms with Crippen LogP contribution in [0.5, 0.6) is 0 Å². The zero-order valence-electron chi connectivity index (χ0n) is 13.5. The highest BCUT2D eigenvalue weighted by atomic mass is 19.1. The lowest BCUT2D eigenvalue weighted by Gasteiger charge is -2.09. The van der Waals surface area contributed by atoms with E-state index in [9.17, 15) is 4.79 Å². The van der Waals surface area contributed by atoms with Gasteiger partial charge in [0.15, 0.2) is 6.17 Å². The summed E-state index contributed by atoms with van der Waals surface area (Å²) < 4.78 is 20.3. The first-order valence-electron chi connectivity index (χ1n) is 7.92. The van der Waals surface area contributed by atoms with E-state index >= 15 is 4.39 Å². The molecule has 0 saturated heterocycles. The van der Waals surface area contributed by atoms with Crippen LogP contribution >= 0.6 is 0 Å². The van der Waals surface area contributed by atoms with Gasteiger partial charge in [-0.25, -0.2) is 4.39 Å². The number of nitrogens with zero attached hydrogens (tertiary/aromatic N) is 1. The summed E-state index contributed by atoms with van der Waals surface area (Å²) in [5.41, 5.74) is 2.48. The third kappa shape index (κ3) is 2.63. The number of benzene rings is 2. The zero-order valence-corrected chi connectivity index (χ0v) is 13.5. The largest absolute Gasteiger partial charge is 0.361 e. The van der Waals surface area contributed by atoms with Crippen LogP contribution in [-0.2, 0) is 0 Å². The molecule has 124 valence electrons. The number of carbonyl (C=O) groups is 1. The molecule has 4 nitrogen and oxygen atoms in total. The molecule has 0 fully saturated rings. The molecule has 0 saturated carbocycles. The van der Waals surface area contributed by atoms with Gasteiger partial charge in [0.2, 0.25) is 5.78 Å². The Balaban J connectivity index is 1.74. The van der Waals surface area contributed by atoms with E-state index in [0.29, 0.717) is 22.6 Å². The van der Waals surface area contributed by atoms with Crippen LogP contribution in [0.3, 0.4) is 0 Å². The molecule has 1 atom stereocenters. The lowest BCUT2D eigenvalue weighted by molar-refractivity contribution is 0.0876. The SMILES string of the molecule is Cc1onc(-c2ccccc2)c1C(F)C(=O)c1ccc2[nH]ccc2c1. The van der Waals surface area contributed by atoms with Crippen molar-refractivity contribution >= 4 is 16.7 Å². The third-order valence-corrected chi connectivity index (χ3v) is 4.28. The Kier molecular flexibility index (Phi) is 3.69. The van der Waals surface area contributed by atoms with Crippen molar-refractivity contribution < 1.29 is 13.7 Å². The highest BCUT2D eigenvalue weighted by Gasteiger charge is 2.30. The summed E-state index contributed by atoms with van der Waals surface area (Å²) in [5, 5.41) is 4.82. The van der Waals surface area contributed by atoms with Gasteiger partial charge in [0.25, 0.3) is 0 Å². The molecule has 2 aromatic carbocycles. The van der Waals surface area contributed by atoms with Crippen LogP contribution < -0.4 is 0 Å². The molecule has 0 aliphatic rings. The fourth-order valence-electron chi connectivity index (χ4n) is 2.97. The Hall–Kier alpha value is -3.21. The first-order chi connectivity index (χ1) is 12.1. The van der Waals surface area contributed by atoms with Gasteiger partial charge in [-0.1, -0.05) is 35.5 Å². The Labute approximate surface area is 143 Å². The summed E-state index contributed by atoms with van der Waals surface area (Å²) in [4.78, 5) is 15.7. The number of halogens is 1.